The number of rotatable bonds is 8. The molecule has 0 spiro atoms. The SMILES string of the molecule is CCOC(CNc1ccc(Cl)cc1[N+](=O)[O-])OCC. The number of benzene rings is 1. The van der Waals surface area contributed by atoms with Crippen LogP contribution in [0, 0.1) is 10.1 Å². The van der Waals surface area contributed by atoms with Gasteiger partial charge in [0.1, 0.15) is 5.69 Å². The van der Waals surface area contributed by atoms with Crippen LogP contribution in [-0.2, 0) is 9.47 Å². The maximum absolute atomic E-state index is 10.9. The molecule has 0 atom stereocenters. The van der Waals surface area contributed by atoms with Crippen molar-refractivity contribution in [3.63, 3.8) is 0 Å². The van der Waals surface area contributed by atoms with Crippen molar-refractivity contribution in [1.29, 1.82) is 0 Å². The van der Waals surface area contributed by atoms with Crippen LogP contribution in [0.4, 0.5) is 11.4 Å². The highest BCUT2D eigenvalue weighted by Gasteiger charge is 2.16. The monoisotopic (exact) mass is 288 g/mol. The molecular weight excluding hydrogens is 272 g/mol. The third-order valence-electron chi connectivity index (χ3n) is 2.32. The summed E-state index contributed by atoms with van der Waals surface area (Å²) in [4.78, 5) is 10.4. The van der Waals surface area contributed by atoms with Gasteiger partial charge >= 0.3 is 0 Å². The molecule has 0 saturated carbocycles. The summed E-state index contributed by atoms with van der Waals surface area (Å²) in [5.41, 5.74) is 0.318. The van der Waals surface area contributed by atoms with Crippen molar-refractivity contribution in [2.45, 2.75) is 20.1 Å². The number of hydrogen-bond acceptors (Lipinski definition) is 5. The Balaban J connectivity index is 2.73. The van der Waals surface area contributed by atoms with Gasteiger partial charge in [0.05, 0.1) is 11.5 Å². The van der Waals surface area contributed by atoms with Crippen LogP contribution in [-0.4, -0.2) is 31.0 Å². The number of anilines is 1. The third-order valence-corrected chi connectivity index (χ3v) is 2.56. The molecule has 0 aliphatic rings. The number of halogens is 1. The van der Waals surface area contributed by atoms with Crippen LogP contribution in [0.5, 0.6) is 0 Å². The number of hydrogen-bond donors (Lipinski definition) is 1. The van der Waals surface area contributed by atoms with Gasteiger partial charge in [-0.05, 0) is 26.0 Å². The van der Waals surface area contributed by atoms with E-state index < -0.39 is 11.2 Å². The number of nitrogens with zero attached hydrogens (tertiary/aromatic N) is 1. The fraction of sp³-hybridized carbons (Fsp3) is 0.500. The minimum atomic E-state index is -0.482. The van der Waals surface area contributed by atoms with Crippen molar-refractivity contribution in [3.8, 4) is 0 Å². The second-order valence-corrected chi connectivity index (χ2v) is 4.08. The number of nitro groups is 1. The van der Waals surface area contributed by atoms with Crippen LogP contribution >= 0.6 is 11.6 Å². The Kier molecular flexibility index (Phi) is 6.55. The first kappa shape index (κ1) is 15.7. The van der Waals surface area contributed by atoms with E-state index in [2.05, 4.69) is 5.32 Å². The van der Waals surface area contributed by atoms with Gasteiger partial charge in [0.15, 0.2) is 6.29 Å². The van der Waals surface area contributed by atoms with Gasteiger partial charge < -0.3 is 14.8 Å². The van der Waals surface area contributed by atoms with E-state index in [0.29, 0.717) is 30.5 Å². The van der Waals surface area contributed by atoms with Gasteiger partial charge in [-0.25, -0.2) is 0 Å². The highest BCUT2D eigenvalue weighted by molar-refractivity contribution is 6.30. The summed E-state index contributed by atoms with van der Waals surface area (Å²) in [7, 11) is 0. The van der Waals surface area contributed by atoms with Crippen molar-refractivity contribution in [1.82, 2.24) is 0 Å². The Morgan fingerprint density at radius 3 is 2.53 bits per heavy atom. The molecule has 106 valence electrons. The van der Waals surface area contributed by atoms with Gasteiger partial charge in [0.25, 0.3) is 5.69 Å². The fourth-order valence-corrected chi connectivity index (χ4v) is 1.70. The normalized spacial score (nSPS) is 10.7. The highest BCUT2D eigenvalue weighted by Crippen LogP contribution is 2.27. The molecular formula is C12H17ClN2O4. The molecule has 1 aromatic rings. The average molecular weight is 289 g/mol. The summed E-state index contributed by atoms with van der Waals surface area (Å²) >= 11 is 5.74. The van der Waals surface area contributed by atoms with Crippen molar-refractivity contribution >= 4 is 23.0 Å². The van der Waals surface area contributed by atoms with Gasteiger partial charge in [-0.15, -0.1) is 0 Å². The zero-order valence-electron chi connectivity index (χ0n) is 10.9. The first-order chi connectivity index (χ1) is 9.08. The summed E-state index contributed by atoms with van der Waals surface area (Å²) in [5.74, 6) is 0. The van der Waals surface area contributed by atoms with Crippen molar-refractivity contribution in [2.24, 2.45) is 0 Å². The van der Waals surface area contributed by atoms with E-state index in [0.717, 1.165) is 0 Å². The van der Waals surface area contributed by atoms with E-state index in [1.807, 2.05) is 13.8 Å². The molecule has 0 unspecified atom stereocenters. The molecule has 0 aliphatic heterocycles. The molecule has 0 heterocycles. The molecule has 19 heavy (non-hydrogen) atoms. The predicted molar refractivity (Wildman–Crippen MR) is 73.6 cm³/mol. The van der Waals surface area contributed by atoms with E-state index in [-0.39, 0.29) is 5.69 Å². The van der Waals surface area contributed by atoms with E-state index in [4.69, 9.17) is 21.1 Å². The van der Waals surface area contributed by atoms with Crippen LogP contribution in [0.25, 0.3) is 0 Å². The summed E-state index contributed by atoms with van der Waals surface area (Å²) in [5, 5.41) is 14.2. The Morgan fingerprint density at radius 1 is 1.37 bits per heavy atom. The molecule has 0 radical (unpaired) electrons. The molecule has 0 aliphatic carbocycles. The van der Waals surface area contributed by atoms with E-state index in [1.54, 1.807) is 12.1 Å². The van der Waals surface area contributed by atoms with E-state index in [9.17, 15) is 10.1 Å². The smallest absolute Gasteiger partial charge is 0.293 e. The topological polar surface area (TPSA) is 73.6 Å². The Morgan fingerprint density at radius 2 is 2.00 bits per heavy atom. The first-order valence-corrected chi connectivity index (χ1v) is 6.37. The first-order valence-electron chi connectivity index (χ1n) is 5.99. The predicted octanol–water partition coefficient (Wildman–Crippen LogP) is 3.06. The van der Waals surface area contributed by atoms with E-state index in [1.165, 1.54) is 6.07 Å². The van der Waals surface area contributed by atoms with Crippen LogP contribution in [0.1, 0.15) is 13.8 Å². The Labute approximate surface area is 116 Å². The second-order valence-electron chi connectivity index (χ2n) is 3.64. The molecule has 7 heteroatoms. The van der Waals surface area contributed by atoms with Gasteiger partial charge in [-0.2, -0.15) is 0 Å². The largest absolute Gasteiger partial charge is 0.374 e. The van der Waals surface area contributed by atoms with Crippen molar-refractivity contribution < 1.29 is 14.4 Å². The summed E-state index contributed by atoms with van der Waals surface area (Å²) in [6.07, 6.45) is -0.440. The quantitative estimate of drug-likeness (QED) is 0.452. The zero-order chi connectivity index (χ0) is 14.3. The van der Waals surface area contributed by atoms with Gasteiger partial charge in [0.2, 0.25) is 0 Å². The second kappa shape index (κ2) is 7.93. The minimum absolute atomic E-state index is 0.0701. The lowest BCUT2D eigenvalue weighted by molar-refractivity contribution is -0.384. The van der Waals surface area contributed by atoms with E-state index >= 15 is 0 Å². The highest BCUT2D eigenvalue weighted by atomic mass is 35.5. The Hall–Kier alpha value is -1.37. The summed E-state index contributed by atoms with van der Waals surface area (Å²) in [6, 6.07) is 4.46. The molecule has 0 aromatic heterocycles. The fourth-order valence-electron chi connectivity index (χ4n) is 1.54. The van der Waals surface area contributed by atoms with Crippen LogP contribution in [0.3, 0.4) is 0 Å². The van der Waals surface area contributed by atoms with Gasteiger partial charge in [-0.1, -0.05) is 11.6 Å². The molecule has 1 rings (SSSR count). The standard InChI is InChI=1S/C12H17ClN2O4/c1-3-18-12(19-4-2)8-14-10-6-5-9(13)7-11(10)15(16)17/h5-7,12,14H,3-4,8H2,1-2H3. The molecule has 1 aromatic carbocycles. The maximum atomic E-state index is 10.9. The summed E-state index contributed by atoms with van der Waals surface area (Å²) in [6.45, 7) is 5.06. The molecule has 1 N–H and O–H groups in total. The summed E-state index contributed by atoms with van der Waals surface area (Å²) < 4.78 is 10.7. The number of nitro benzene ring substituents is 1. The van der Waals surface area contributed by atoms with Crippen molar-refractivity contribution in [3.05, 3.63) is 33.3 Å². The van der Waals surface area contributed by atoms with Crippen LogP contribution < -0.4 is 5.32 Å². The van der Waals surface area contributed by atoms with Gasteiger partial charge in [0, 0.05) is 24.3 Å². The lowest BCUT2D eigenvalue weighted by Gasteiger charge is -2.18. The third kappa shape index (κ3) is 5.02. The molecule has 6 nitrogen and oxygen atoms in total. The Bertz CT molecular complexity index is 422. The molecule has 0 saturated heterocycles. The maximum Gasteiger partial charge on any atom is 0.293 e. The average Bonchev–Trinajstić information content (AvgIpc) is 2.37. The molecule has 0 fully saturated rings. The zero-order valence-corrected chi connectivity index (χ0v) is 11.6. The lowest BCUT2D eigenvalue weighted by Crippen LogP contribution is -2.26. The van der Waals surface area contributed by atoms with Crippen LogP contribution in [0.2, 0.25) is 5.02 Å². The van der Waals surface area contributed by atoms with Crippen LogP contribution in [0.15, 0.2) is 18.2 Å². The molecule has 0 bridgehead atoms. The number of nitrogens with one attached hydrogen (secondary N) is 1. The van der Waals surface area contributed by atoms with Gasteiger partial charge in [-0.3, -0.25) is 10.1 Å². The van der Waals surface area contributed by atoms with Crippen molar-refractivity contribution in [2.75, 3.05) is 25.1 Å². The molecule has 0 amide bonds. The lowest BCUT2D eigenvalue weighted by atomic mass is 10.2. The number of ether oxygens (including phenoxy) is 2. The minimum Gasteiger partial charge on any atom is -0.374 e.